The summed E-state index contributed by atoms with van der Waals surface area (Å²) in [5.41, 5.74) is 0.460. The summed E-state index contributed by atoms with van der Waals surface area (Å²) < 4.78 is 10.5. The van der Waals surface area contributed by atoms with Gasteiger partial charge < -0.3 is 19.1 Å². The number of hydrogen-bond acceptors (Lipinski definition) is 12. The molecule has 1 aromatic rings. The first-order valence-electron chi connectivity index (χ1n) is 9.19. The molecule has 0 aliphatic rings. The predicted octanol–water partition coefficient (Wildman–Crippen LogP) is 2.80. The maximum absolute atomic E-state index is 12.0. The second kappa shape index (κ2) is 15.8. The van der Waals surface area contributed by atoms with Gasteiger partial charge in [0.15, 0.2) is 0 Å². The first-order chi connectivity index (χ1) is 15.3. The van der Waals surface area contributed by atoms with Crippen molar-refractivity contribution in [3.63, 3.8) is 0 Å². The molecular weight excluding hydrogens is 468 g/mol. The molecule has 0 spiro atoms. The normalized spacial score (nSPS) is 10.1. The highest BCUT2D eigenvalue weighted by Crippen LogP contribution is 2.26. The lowest BCUT2D eigenvalue weighted by Crippen LogP contribution is -2.12. The van der Waals surface area contributed by atoms with Crippen LogP contribution in [0, 0.1) is 20.2 Å². The van der Waals surface area contributed by atoms with Crippen molar-refractivity contribution < 1.29 is 38.9 Å². The standard InChI is InChI=1S/C18H22N2O10S2/c1-2-14-13-15(29-17(21)5-9-31-11-7-27-19(23)24)3-4-16(14)30-18(22)6-10-32-12-8-28-20(25)26/h2-4,13H,1,5-12H2. The van der Waals surface area contributed by atoms with Crippen LogP contribution < -0.4 is 9.47 Å². The summed E-state index contributed by atoms with van der Waals surface area (Å²) in [5.74, 6) is 1.12. The molecule has 0 saturated heterocycles. The van der Waals surface area contributed by atoms with Gasteiger partial charge in [-0.1, -0.05) is 12.7 Å². The molecule has 176 valence electrons. The topological polar surface area (TPSA) is 157 Å². The number of carbonyl (C=O) groups is 2. The number of ether oxygens (including phenoxy) is 2. The van der Waals surface area contributed by atoms with E-state index >= 15 is 0 Å². The fourth-order valence-corrected chi connectivity index (χ4v) is 3.47. The molecular formula is C18H22N2O10S2. The molecule has 0 amide bonds. The Morgan fingerprint density at radius 1 is 0.906 bits per heavy atom. The van der Waals surface area contributed by atoms with E-state index in [-0.39, 0.29) is 37.6 Å². The van der Waals surface area contributed by atoms with Gasteiger partial charge >= 0.3 is 11.9 Å². The monoisotopic (exact) mass is 490 g/mol. The second-order valence-electron chi connectivity index (χ2n) is 5.69. The average Bonchev–Trinajstić information content (AvgIpc) is 2.73. The van der Waals surface area contributed by atoms with E-state index in [9.17, 15) is 29.8 Å². The number of benzene rings is 1. The minimum atomic E-state index is -0.872. The molecule has 0 fully saturated rings. The van der Waals surface area contributed by atoms with E-state index in [1.807, 2.05) is 0 Å². The largest absolute Gasteiger partial charge is 0.426 e. The Morgan fingerprint density at radius 2 is 1.44 bits per heavy atom. The smallest absolute Gasteiger partial charge is 0.312 e. The molecule has 0 radical (unpaired) electrons. The van der Waals surface area contributed by atoms with E-state index in [0.29, 0.717) is 28.6 Å². The highest BCUT2D eigenvalue weighted by molar-refractivity contribution is 7.99. The molecule has 12 nitrogen and oxygen atoms in total. The van der Waals surface area contributed by atoms with E-state index in [1.165, 1.54) is 47.8 Å². The third kappa shape index (κ3) is 12.6. The van der Waals surface area contributed by atoms with Gasteiger partial charge in [0.25, 0.3) is 10.2 Å². The molecule has 0 atom stereocenters. The van der Waals surface area contributed by atoms with Crippen molar-refractivity contribution in [3.8, 4) is 11.5 Å². The number of rotatable bonds is 17. The molecule has 0 aliphatic carbocycles. The van der Waals surface area contributed by atoms with E-state index in [4.69, 9.17) is 9.47 Å². The first kappa shape index (κ1) is 27.0. The molecule has 0 heterocycles. The van der Waals surface area contributed by atoms with E-state index < -0.39 is 22.1 Å². The Bertz CT molecular complexity index is 806. The van der Waals surface area contributed by atoms with Crippen LogP contribution in [0.2, 0.25) is 0 Å². The highest BCUT2D eigenvalue weighted by Gasteiger charge is 2.11. The van der Waals surface area contributed by atoms with Crippen molar-refractivity contribution in [2.45, 2.75) is 12.8 Å². The molecule has 0 bridgehead atoms. The Hall–Kier alpha value is -3.00. The molecule has 0 aliphatic heterocycles. The van der Waals surface area contributed by atoms with Gasteiger partial charge in [-0.25, -0.2) is 0 Å². The van der Waals surface area contributed by atoms with Crippen LogP contribution in [0.4, 0.5) is 0 Å². The molecule has 0 saturated carbocycles. The number of esters is 2. The van der Waals surface area contributed by atoms with Crippen molar-refractivity contribution in [3.05, 3.63) is 50.6 Å². The molecule has 14 heteroatoms. The maximum Gasteiger partial charge on any atom is 0.312 e. The quantitative estimate of drug-likeness (QED) is 0.103. The SMILES string of the molecule is C=Cc1cc(OC(=O)CCSCCO[N+](=O)[O-])ccc1OC(=O)CCSCCO[N+](=O)[O-]. The second-order valence-corrected chi connectivity index (χ2v) is 8.14. The number of hydrogen-bond donors (Lipinski definition) is 0. The van der Waals surface area contributed by atoms with Gasteiger partial charge in [-0.05, 0) is 18.2 Å². The molecule has 1 aromatic carbocycles. The predicted molar refractivity (Wildman–Crippen MR) is 118 cm³/mol. The van der Waals surface area contributed by atoms with Crippen LogP contribution in [0.5, 0.6) is 11.5 Å². The van der Waals surface area contributed by atoms with Crippen LogP contribution in [-0.4, -0.2) is 58.3 Å². The number of nitrogens with zero attached hydrogens (tertiary/aromatic N) is 2. The van der Waals surface area contributed by atoms with Gasteiger partial charge in [-0.15, -0.1) is 20.2 Å². The Labute approximate surface area is 191 Å². The average molecular weight is 491 g/mol. The summed E-state index contributed by atoms with van der Waals surface area (Å²) in [7, 11) is 0. The van der Waals surface area contributed by atoms with Gasteiger partial charge in [0.2, 0.25) is 0 Å². The minimum Gasteiger partial charge on any atom is -0.426 e. The fourth-order valence-electron chi connectivity index (χ4n) is 2.06. The third-order valence-corrected chi connectivity index (χ3v) is 5.30. The summed E-state index contributed by atoms with van der Waals surface area (Å²) in [6.07, 6.45) is 1.66. The molecule has 1 rings (SSSR count). The Kier molecular flexibility index (Phi) is 13.3. The first-order valence-corrected chi connectivity index (χ1v) is 11.5. The number of carbonyl (C=O) groups excluding carboxylic acids is 2. The summed E-state index contributed by atoms with van der Waals surface area (Å²) in [5, 5.41) is 18.3. The van der Waals surface area contributed by atoms with Crippen LogP contribution in [-0.2, 0) is 19.3 Å². The van der Waals surface area contributed by atoms with Crippen molar-refractivity contribution in [2.24, 2.45) is 0 Å². The van der Waals surface area contributed by atoms with Gasteiger partial charge in [-0.2, -0.15) is 23.5 Å². The minimum absolute atomic E-state index is 0.0513. The van der Waals surface area contributed by atoms with Gasteiger partial charge in [-0.3, -0.25) is 9.59 Å². The third-order valence-electron chi connectivity index (χ3n) is 3.41. The van der Waals surface area contributed by atoms with Gasteiger partial charge in [0, 0.05) is 28.6 Å². The van der Waals surface area contributed by atoms with Crippen molar-refractivity contribution >= 4 is 41.5 Å². The molecule has 0 N–H and O–H groups in total. The lowest BCUT2D eigenvalue weighted by Gasteiger charge is -2.10. The molecule has 32 heavy (non-hydrogen) atoms. The van der Waals surface area contributed by atoms with Crippen LogP contribution in [0.25, 0.3) is 6.08 Å². The van der Waals surface area contributed by atoms with Gasteiger partial charge in [0.05, 0.1) is 12.8 Å². The van der Waals surface area contributed by atoms with Gasteiger partial charge in [0.1, 0.15) is 24.7 Å². The van der Waals surface area contributed by atoms with E-state index in [1.54, 1.807) is 0 Å². The van der Waals surface area contributed by atoms with Crippen LogP contribution in [0.15, 0.2) is 24.8 Å². The zero-order valence-corrected chi connectivity index (χ0v) is 18.6. The number of thioether (sulfide) groups is 2. The highest BCUT2D eigenvalue weighted by atomic mass is 32.2. The van der Waals surface area contributed by atoms with Crippen LogP contribution >= 0.6 is 23.5 Å². The maximum atomic E-state index is 12.0. The van der Waals surface area contributed by atoms with E-state index in [0.717, 1.165) is 0 Å². The summed E-state index contributed by atoms with van der Waals surface area (Å²) in [6.45, 7) is 3.55. The van der Waals surface area contributed by atoms with Crippen molar-refractivity contribution in [2.75, 3.05) is 36.2 Å². The van der Waals surface area contributed by atoms with Crippen molar-refractivity contribution in [1.29, 1.82) is 0 Å². The molecule has 0 unspecified atom stereocenters. The van der Waals surface area contributed by atoms with E-state index in [2.05, 4.69) is 16.3 Å². The van der Waals surface area contributed by atoms with Crippen molar-refractivity contribution in [1.82, 2.24) is 0 Å². The lowest BCUT2D eigenvalue weighted by atomic mass is 10.2. The Morgan fingerprint density at radius 3 is 1.94 bits per heavy atom. The zero-order chi connectivity index (χ0) is 23.8. The summed E-state index contributed by atoms with van der Waals surface area (Å²) >= 11 is 2.64. The lowest BCUT2D eigenvalue weighted by molar-refractivity contribution is -0.756. The van der Waals surface area contributed by atoms with Crippen LogP contribution in [0.3, 0.4) is 0 Å². The molecule has 0 aromatic heterocycles. The summed E-state index contributed by atoms with van der Waals surface area (Å²) in [6, 6.07) is 4.48. The zero-order valence-electron chi connectivity index (χ0n) is 17.0. The van der Waals surface area contributed by atoms with Crippen LogP contribution in [0.1, 0.15) is 18.4 Å². The Balaban J connectivity index is 2.38. The fraction of sp³-hybridized carbons (Fsp3) is 0.444. The summed E-state index contributed by atoms with van der Waals surface area (Å²) in [4.78, 5) is 52.3.